The second-order valence-corrected chi connectivity index (χ2v) is 9.62. The molecule has 3 heterocycles. The van der Waals surface area contributed by atoms with Crippen molar-refractivity contribution in [2.24, 2.45) is 40.6 Å². The van der Waals surface area contributed by atoms with E-state index in [1.807, 2.05) is 38.3 Å². The van der Waals surface area contributed by atoms with Crippen LogP contribution < -0.4 is 0 Å². The quantitative estimate of drug-likeness (QED) is 0.425. The standard InChI is InChI=1S/C25H24N4O3/c1-11-7-15(13(3)28(11)25-20(9-26)12(2)14(4)32-25)10-27-29-23(30)21-16-5-6-17(19-8-18(16)19)22(21)24(29)31/h5-7,10,16-19,21-22H,8H2,1-4H3/b27-10-/t16-,17-,18-,19+,21-,22+/m0/s1. The molecule has 32 heavy (non-hydrogen) atoms. The minimum absolute atomic E-state index is 0.168. The summed E-state index contributed by atoms with van der Waals surface area (Å²) in [5.74, 6) is 1.86. The van der Waals surface area contributed by atoms with Crippen molar-refractivity contribution < 1.29 is 14.0 Å². The Bertz CT molecular complexity index is 1270. The number of hydrogen-bond donors (Lipinski definition) is 0. The van der Waals surface area contributed by atoms with Crippen LogP contribution in [0.1, 0.15) is 40.3 Å². The first kappa shape index (κ1) is 19.3. The lowest BCUT2D eigenvalue weighted by Gasteiger charge is -2.37. The van der Waals surface area contributed by atoms with Gasteiger partial charge in [-0.2, -0.15) is 15.4 Å². The van der Waals surface area contributed by atoms with E-state index in [9.17, 15) is 14.9 Å². The van der Waals surface area contributed by atoms with Crippen molar-refractivity contribution >= 4 is 18.0 Å². The number of imide groups is 1. The van der Waals surface area contributed by atoms with E-state index in [1.54, 1.807) is 6.21 Å². The number of allylic oxidation sites excluding steroid dienone is 2. The summed E-state index contributed by atoms with van der Waals surface area (Å²) in [6.45, 7) is 7.54. The Balaban J connectivity index is 1.33. The van der Waals surface area contributed by atoms with Crippen molar-refractivity contribution in [3.63, 3.8) is 0 Å². The lowest BCUT2D eigenvalue weighted by atomic mass is 9.63. The molecule has 2 saturated carbocycles. The lowest BCUT2D eigenvalue weighted by Crippen LogP contribution is -2.40. The van der Waals surface area contributed by atoms with Crippen molar-refractivity contribution in [3.05, 3.63) is 52.1 Å². The molecule has 0 aromatic carbocycles. The molecule has 4 aliphatic carbocycles. The Labute approximate surface area is 186 Å². The number of carbonyl (C=O) groups excluding carboxylic acids is 2. The summed E-state index contributed by atoms with van der Waals surface area (Å²) in [6.07, 6.45) is 7.04. The number of nitrogens with zero attached hydrogens (tertiary/aromatic N) is 4. The minimum atomic E-state index is -0.252. The summed E-state index contributed by atoms with van der Waals surface area (Å²) in [4.78, 5) is 26.3. The van der Waals surface area contributed by atoms with Crippen molar-refractivity contribution in [3.8, 4) is 12.0 Å². The Hall–Kier alpha value is -3.40. The van der Waals surface area contributed by atoms with Crippen LogP contribution in [0, 0.1) is 74.5 Å². The van der Waals surface area contributed by atoms with Gasteiger partial charge in [-0.15, -0.1) is 0 Å². The molecule has 0 spiro atoms. The van der Waals surface area contributed by atoms with Gasteiger partial charge in [0, 0.05) is 22.5 Å². The SMILES string of the molecule is Cc1oc(-n2c(C)cc(/C=N\N3C(=O)[C@@H]4[C@H]5C=C[C@@H]([C@@H]6C[C@H]56)[C@@H]4C3=O)c2C)c(C#N)c1C. The number of carbonyl (C=O) groups is 2. The van der Waals surface area contributed by atoms with Crippen LogP contribution in [0.25, 0.3) is 5.88 Å². The fraction of sp³-hybridized carbons (Fsp3) is 0.440. The van der Waals surface area contributed by atoms with Crippen molar-refractivity contribution in [1.82, 2.24) is 9.58 Å². The maximum atomic E-state index is 13.1. The number of furan rings is 1. The van der Waals surface area contributed by atoms with Crippen molar-refractivity contribution in [2.45, 2.75) is 34.1 Å². The fourth-order valence-corrected chi connectivity index (χ4v) is 6.30. The Kier molecular flexibility index (Phi) is 3.81. The van der Waals surface area contributed by atoms with Gasteiger partial charge in [0.05, 0.1) is 18.1 Å². The zero-order valence-corrected chi connectivity index (χ0v) is 18.5. The molecule has 7 heteroatoms. The van der Waals surface area contributed by atoms with Gasteiger partial charge >= 0.3 is 0 Å². The summed E-state index contributed by atoms with van der Waals surface area (Å²) in [7, 11) is 0. The molecule has 0 radical (unpaired) electrons. The predicted molar refractivity (Wildman–Crippen MR) is 116 cm³/mol. The third-order valence-electron chi connectivity index (χ3n) is 8.10. The van der Waals surface area contributed by atoms with Crippen LogP contribution in [0.15, 0.2) is 27.7 Å². The molecular weight excluding hydrogens is 404 g/mol. The van der Waals surface area contributed by atoms with Crippen molar-refractivity contribution in [2.75, 3.05) is 0 Å². The van der Waals surface area contributed by atoms with Crippen LogP contribution in [-0.2, 0) is 9.59 Å². The zero-order chi connectivity index (χ0) is 22.5. The number of hydrogen-bond acceptors (Lipinski definition) is 5. The highest BCUT2D eigenvalue weighted by Gasteiger charge is 2.67. The highest BCUT2D eigenvalue weighted by molar-refractivity contribution is 6.06. The van der Waals surface area contributed by atoms with Gasteiger partial charge in [0.2, 0.25) is 5.88 Å². The maximum absolute atomic E-state index is 13.1. The van der Waals surface area contributed by atoms with E-state index in [2.05, 4.69) is 23.3 Å². The second kappa shape index (κ2) is 6.32. The molecule has 2 amide bonds. The third kappa shape index (κ3) is 2.32. The first-order chi connectivity index (χ1) is 15.3. The molecule has 7 rings (SSSR count). The van der Waals surface area contributed by atoms with Crippen LogP contribution in [0.5, 0.6) is 0 Å². The normalized spacial score (nSPS) is 32.0. The van der Waals surface area contributed by atoms with Crippen molar-refractivity contribution in [1.29, 1.82) is 5.26 Å². The Morgan fingerprint density at radius 3 is 2.31 bits per heavy atom. The van der Waals surface area contributed by atoms with E-state index in [0.717, 1.165) is 33.9 Å². The van der Waals surface area contributed by atoms with Gasteiger partial charge in [-0.1, -0.05) is 12.2 Å². The van der Waals surface area contributed by atoms with E-state index in [-0.39, 0.29) is 35.5 Å². The van der Waals surface area contributed by atoms with Gasteiger partial charge in [-0.3, -0.25) is 14.2 Å². The average molecular weight is 428 g/mol. The molecule has 162 valence electrons. The number of hydrazone groups is 1. The van der Waals surface area contributed by atoms with Gasteiger partial charge < -0.3 is 4.42 Å². The summed E-state index contributed by atoms with van der Waals surface area (Å²) < 4.78 is 7.77. The molecule has 6 atom stereocenters. The van der Waals surface area contributed by atoms with E-state index in [1.165, 1.54) is 0 Å². The summed E-state index contributed by atoms with van der Waals surface area (Å²) in [5, 5.41) is 15.1. The molecule has 5 aliphatic rings. The number of nitriles is 1. The molecule has 1 aliphatic heterocycles. The first-order valence-electron chi connectivity index (χ1n) is 11.1. The number of aryl methyl sites for hydroxylation is 2. The smallest absolute Gasteiger partial charge is 0.254 e. The molecule has 2 aromatic heterocycles. The topological polar surface area (TPSA) is 91.6 Å². The van der Waals surface area contributed by atoms with E-state index >= 15 is 0 Å². The molecule has 3 fully saturated rings. The van der Waals surface area contributed by atoms with Crippen LogP contribution in [-0.4, -0.2) is 27.6 Å². The molecule has 2 aromatic rings. The highest BCUT2D eigenvalue weighted by atomic mass is 16.4. The summed E-state index contributed by atoms with van der Waals surface area (Å²) in [6, 6.07) is 4.16. The Morgan fingerprint density at radius 2 is 1.72 bits per heavy atom. The second-order valence-electron chi connectivity index (χ2n) is 9.62. The lowest BCUT2D eigenvalue weighted by molar-refractivity contribution is -0.140. The van der Waals surface area contributed by atoms with E-state index in [0.29, 0.717) is 29.0 Å². The zero-order valence-electron chi connectivity index (χ0n) is 18.5. The summed E-state index contributed by atoms with van der Waals surface area (Å²) in [5.41, 5.74) is 3.81. The molecule has 0 N–H and O–H groups in total. The number of aromatic nitrogens is 1. The van der Waals surface area contributed by atoms with Crippen LogP contribution >= 0.6 is 0 Å². The van der Waals surface area contributed by atoms with Gasteiger partial charge in [-0.25, -0.2) is 0 Å². The van der Waals surface area contributed by atoms with E-state index in [4.69, 9.17) is 4.42 Å². The van der Waals surface area contributed by atoms with Gasteiger partial charge in [0.1, 0.15) is 17.4 Å². The molecular formula is C25H24N4O3. The average Bonchev–Trinajstić information content (AvgIpc) is 3.43. The third-order valence-corrected chi connectivity index (χ3v) is 8.10. The predicted octanol–water partition coefficient (Wildman–Crippen LogP) is 3.56. The number of rotatable bonds is 3. The number of amides is 2. The van der Waals surface area contributed by atoms with Crippen LogP contribution in [0.2, 0.25) is 0 Å². The minimum Gasteiger partial charge on any atom is -0.443 e. The molecule has 1 saturated heterocycles. The molecule has 7 nitrogen and oxygen atoms in total. The van der Waals surface area contributed by atoms with Crippen LogP contribution in [0.3, 0.4) is 0 Å². The first-order valence-corrected chi connectivity index (χ1v) is 11.1. The van der Waals surface area contributed by atoms with Crippen LogP contribution in [0.4, 0.5) is 0 Å². The molecule has 0 unspecified atom stereocenters. The van der Waals surface area contributed by atoms with Gasteiger partial charge in [-0.05, 0) is 63.9 Å². The largest absolute Gasteiger partial charge is 0.443 e. The monoisotopic (exact) mass is 428 g/mol. The maximum Gasteiger partial charge on any atom is 0.254 e. The van der Waals surface area contributed by atoms with E-state index < -0.39 is 0 Å². The Morgan fingerprint density at radius 1 is 1.09 bits per heavy atom. The summed E-state index contributed by atoms with van der Waals surface area (Å²) >= 11 is 0. The highest BCUT2D eigenvalue weighted by Crippen LogP contribution is 2.65. The molecule has 2 bridgehead atoms. The van der Waals surface area contributed by atoms with Gasteiger partial charge in [0.15, 0.2) is 0 Å². The van der Waals surface area contributed by atoms with Gasteiger partial charge in [0.25, 0.3) is 11.8 Å². The fourth-order valence-electron chi connectivity index (χ4n) is 6.30.